The normalized spacial score (nSPS) is 17.6. The highest BCUT2D eigenvalue weighted by Crippen LogP contribution is 2.40. The highest BCUT2D eigenvalue weighted by Gasteiger charge is 2.49. The third-order valence-corrected chi connectivity index (χ3v) is 7.26. The molecule has 1 unspecified atom stereocenters. The number of unbranched alkanes of at least 4 members (excludes halogenated alkanes) is 1. The summed E-state index contributed by atoms with van der Waals surface area (Å²) in [6.45, 7) is 4.79. The molecule has 1 fully saturated rings. The first-order valence-electron chi connectivity index (χ1n) is 13.1. The van der Waals surface area contributed by atoms with Crippen molar-refractivity contribution in [2.24, 2.45) is 4.99 Å². The first-order chi connectivity index (χ1) is 17.6. The fourth-order valence-electron chi connectivity index (χ4n) is 5.23. The zero-order chi connectivity index (χ0) is 25.0. The number of aromatic nitrogens is 4. The number of H-pyrrole nitrogens is 1. The number of amidine groups is 1. The Labute approximate surface area is 212 Å². The number of carbonyl (C=O) groups excluding carboxylic acids is 1. The molecule has 3 aromatic rings. The van der Waals surface area contributed by atoms with Gasteiger partial charge in [0.05, 0.1) is 6.54 Å². The molecule has 1 saturated carbocycles. The molecule has 0 saturated heterocycles. The lowest BCUT2D eigenvalue weighted by Gasteiger charge is -2.23. The van der Waals surface area contributed by atoms with Gasteiger partial charge in [0.15, 0.2) is 11.9 Å². The van der Waals surface area contributed by atoms with Crippen molar-refractivity contribution < 1.29 is 9.53 Å². The summed E-state index contributed by atoms with van der Waals surface area (Å²) >= 11 is 0. The minimum absolute atomic E-state index is 0.201. The lowest BCUT2D eigenvalue weighted by Crippen LogP contribution is -2.40. The second kappa shape index (κ2) is 10.6. The van der Waals surface area contributed by atoms with Crippen molar-refractivity contribution in [2.75, 3.05) is 0 Å². The summed E-state index contributed by atoms with van der Waals surface area (Å²) in [5, 5.41) is 14.1. The molecule has 2 aliphatic rings. The van der Waals surface area contributed by atoms with Crippen LogP contribution in [0.3, 0.4) is 0 Å². The van der Waals surface area contributed by atoms with Gasteiger partial charge in [0, 0.05) is 6.42 Å². The third kappa shape index (κ3) is 4.90. The molecular formula is C28H34N6O2. The van der Waals surface area contributed by atoms with Crippen LogP contribution >= 0.6 is 0 Å². The van der Waals surface area contributed by atoms with E-state index >= 15 is 0 Å². The number of amides is 1. The van der Waals surface area contributed by atoms with Crippen LogP contribution in [0.5, 0.6) is 5.75 Å². The van der Waals surface area contributed by atoms with Gasteiger partial charge >= 0.3 is 0 Å². The number of aliphatic imine (C=N–C) groups is 1. The van der Waals surface area contributed by atoms with Crippen LogP contribution in [0, 0.1) is 0 Å². The van der Waals surface area contributed by atoms with E-state index in [2.05, 4.69) is 57.9 Å². The van der Waals surface area contributed by atoms with E-state index in [1.165, 1.54) is 0 Å². The predicted octanol–water partition coefficient (Wildman–Crippen LogP) is 5.64. The van der Waals surface area contributed by atoms with Gasteiger partial charge < -0.3 is 4.74 Å². The van der Waals surface area contributed by atoms with E-state index in [1.54, 1.807) is 0 Å². The maximum Gasteiger partial charge on any atom is 0.256 e. The molecule has 1 atom stereocenters. The average molecular weight is 487 g/mol. The smallest absolute Gasteiger partial charge is 0.256 e. The van der Waals surface area contributed by atoms with Crippen molar-refractivity contribution in [2.45, 2.75) is 83.4 Å². The van der Waals surface area contributed by atoms with Gasteiger partial charge in [-0.25, -0.2) is 5.10 Å². The summed E-state index contributed by atoms with van der Waals surface area (Å²) in [5.74, 6) is 2.56. The standard InChI is InChI=1S/C28H34N6O2/c1-3-5-11-25-29-28(16-6-7-17-28)27(35)34(25)19-20-12-14-21(15-13-20)22-9-8-10-23(18-22)36-24(4-2)26-30-32-33-31-26/h8-10,12-15,18,24H,3-7,11,16-17,19H2,1-2H3,(H,30,31,32,33). The van der Waals surface area contributed by atoms with E-state index < -0.39 is 5.54 Å². The van der Waals surface area contributed by atoms with E-state index in [0.29, 0.717) is 12.4 Å². The fraction of sp³-hybridized carbons (Fsp3) is 0.464. The molecule has 0 radical (unpaired) electrons. The monoisotopic (exact) mass is 486 g/mol. The van der Waals surface area contributed by atoms with Gasteiger partial charge in [0.25, 0.3) is 5.91 Å². The van der Waals surface area contributed by atoms with Gasteiger partial charge in [0.1, 0.15) is 17.1 Å². The van der Waals surface area contributed by atoms with Gasteiger partial charge in [0.2, 0.25) is 0 Å². The molecule has 8 nitrogen and oxygen atoms in total. The number of tetrazole rings is 1. The first-order valence-corrected chi connectivity index (χ1v) is 13.1. The Balaban J connectivity index is 1.30. The molecule has 188 valence electrons. The maximum absolute atomic E-state index is 13.4. The van der Waals surface area contributed by atoms with E-state index in [1.807, 2.05) is 30.0 Å². The van der Waals surface area contributed by atoms with Gasteiger partial charge in [-0.3, -0.25) is 14.7 Å². The molecular weight excluding hydrogens is 452 g/mol. The number of hydrogen-bond acceptors (Lipinski definition) is 6. The quantitative estimate of drug-likeness (QED) is 0.400. The van der Waals surface area contributed by atoms with Crippen molar-refractivity contribution in [1.82, 2.24) is 25.5 Å². The molecule has 2 heterocycles. The van der Waals surface area contributed by atoms with E-state index in [-0.39, 0.29) is 12.0 Å². The van der Waals surface area contributed by atoms with Gasteiger partial charge in [-0.1, -0.05) is 69.5 Å². The minimum atomic E-state index is -0.485. The molecule has 1 aliphatic heterocycles. The van der Waals surface area contributed by atoms with Gasteiger partial charge in [-0.15, -0.1) is 5.10 Å². The summed E-state index contributed by atoms with van der Waals surface area (Å²) in [4.78, 5) is 20.4. The summed E-state index contributed by atoms with van der Waals surface area (Å²) in [6.07, 6.45) is 7.51. The molecule has 8 heteroatoms. The van der Waals surface area contributed by atoms with Crippen molar-refractivity contribution >= 4 is 11.7 Å². The lowest BCUT2D eigenvalue weighted by atomic mass is 9.98. The topological polar surface area (TPSA) is 96.4 Å². The Morgan fingerprint density at radius 2 is 1.89 bits per heavy atom. The van der Waals surface area contributed by atoms with E-state index in [0.717, 1.165) is 79.6 Å². The lowest BCUT2D eigenvalue weighted by molar-refractivity contribution is -0.131. The minimum Gasteiger partial charge on any atom is -0.482 e. The zero-order valence-corrected chi connectivity index (χ0v) is 21.1. The molecule has 0 bridgehead atoms. The number of ether oxygens (including phenoxy) is 1. The van der Waals surface area contributed by atoms with Crippen molar-refractivity contribution in [3.63, 3.8) is 0 Å². The summed E-state index contributed by atoms with van der Waals surface area (Å²) in [7, 11) is 0. The Morgan fingerprint density at radius 1 is 1.08 bits per heavy atom. The van der Waals surface area contributed by atoms with Crippen LogP contribution in [0.1, 0.15) is 82.7 Å². The molecule has 1 N–H and O–H groups in total. The van der Waals surface area contributed by atoms with Gasteiger partial charge in [-0.2, -0.15) is 0 Å². The van der Waals surface area contributed by atoms with Crippen LogP contribution in [-0.2, 0) is 11.3 Å². The predicted molar refractivity (Wildman–Crippen MR) is 138 cm³/mol. The summed E-state index contributed by atoms with van der Waals surface area (Å²) < 4.78 is 6.15. The second-order valence-electron chi connectivity index (χ2n) is 9.79. The van der Waals surface area contributed by atoms with Crippen LogP contribution in [0.2, 0.25) is 0 Å². The number of rotatable bonds is 10. The van der Waals surface area contributed by atoms with E-state index in [4.69, 9.17) is 9.73 Å². The summed E-state index contributed by atoms with van der Waals surface area (Å²) in [6, 6.07) is 16.5. The van der Waals surface area contributed by atoms with Crippen molar-refractivity contribution in [1.29, 1.82) is 0 Å². The number of benzene rings is 2. The number of carbonyl (C=O) groups is 1. The Hall–Kier alpha value is -3.55. The van der Waals surface area contributed by atoms with Crippen LogP contribution in [0.4, 0.5) is 0 Å². The van der Waals surface area contributed by atoms with Crippen molar-refractivity contribution in [3.8, 4) is 16.9 Å². The summed E-state index contributed by atoms with van der Waals surface area (Å²) in [5.41, 5.74) is 2.79. The van der Waals surface area contributed by atoms with Crippen LogP contribution in [0.15, 0.2) is 53.5 Å². The zero-order valence-electron chi connectivity index (χ0n) is 21.1. The van der Waals surface area contributed by atoms with E-state index in [9.17, 15) is 4.79 Å². The molecule has 1 aromatic heterocycles. The second-order valence-corrected chi connectivity index (χ2v) is 9.79. The number of aromatic amines is 1. The number of nitrogens with zero attached hydrogens (tertiary/aromatic N) is 5. The molecule has 2 aromatic carbocycles. The number of nitrogens with one attached hydrogen (secondary N) is 1. The van der Waals surface area contributed by atoms with Crippen LogP contribution in [0.25, 0.3) is 11.1 Å². The van der Waals surface area contributed by atoms with Crippen LogP contribution in [-0.4, -0.2) is 42.8 Å². The largest absolute Gasteiger partial charge is 0.482 e. The molecule has 1 amide bonds. The Bertz CT molecular complexity index is 1200. The average Bonchev–Trinajstić information content (AvgIpc) is 3.66. The third-order valence-electron chi connectivity index (χ3n) is 7.26. The Morgan fingerprint density at radius 3 is 2.58 bits per heavy atom. The molecule has 1 aliphatic carbocycles. The first kappa shape index (κ1) is 24.2. The van der Waals surface area contributed by atoms with Crippen LogP contribution < -0.4 is 4.74 Å². The number of hydrogen-bond donors (Lipinski definition) is 1. The Kier molecular flexibility index (Phi) is 7.11. The van der Waals surface area contributed by atoms with Crippen molar-refractivity contribution in [3.05, 3.63) is 59.9 Å². The highest BCUT2D eigenvalue weighted by atomic mass is 16.5. The maximum atomic E-state index is 13.4. The molecule has 1 spiro atoms. The highest BCUT2D eigenvalue weighted by molar-refractivity contribution is 6.08. The molecule has 5 rings (SSSR count). The van der Waals surface area contributed by atoms with Gasteiger partial charge in [-0.05, 0) is 64.9 Å². The SMILES string of the molecule is CCCCC1=NC2(CCCC2)C(=O)N1Cc1ccc(-c2cccc(OC(CC)c3nnn[nH]3)c2)cc1. The molecule has 36 heavy (non-hydrogen) atoms. The fourth-order valence-corrected chi connectivity index (χ4v) is 5.23.